The molecule has 2 fully saturated rings. The van der Waals surface area contributed by atoms with Gasteiger partial charge in [-0.15, -0.1) is 6.58 Å². The number of hydroxylamine groups is 2. The Kier molecular flexibility index (Phi) is 6.09. The van der Waals surface area contributed by atoms with Gasteiger partial charge in [0.1, 0.15) is 0 Å². The largest absolute Gasteiger partial charge is 0.373 e. The van der Waals surface area contributed by atoms with Crippen LogP contribution in [-0.2, 0) is 20.8 Å². The van der Waals surface area contributed by atoms with Gasteiger partial charge in [0.2, 0.25) is 0 Å². The van der Waals surface area contributed by atoms with Gasteiger partial charge >= 0.3 is 12.2 Å². The van der Waals surface area contributed by atoms with Crippen LogP contribution < -0.4 is 0 Å². The van der Waals surface area contributed by atoms with Crippen LogP contribution in [0.1, 0.15) is 18.4 Å². The number of urea groups is 1. The van der Waals surface area contributed by atoms with E-state index in [0.29, 0.717) is 12.6 Å². The van der Waals surface area contributed by atoms with Crippen molar-refractivity contribution in [3.8, 4) is 0 Å². The van der Waals surface area contributed by atoms with E-state index in [1.54, 1.807) is 11.1 Å². The zero-order valence-corrected chi connectivity index (χ0v) is 12.9. The van der Waals surface area contributed by atoms with Crippen molar-refractivity contribution in [3.05, 3.63) is 48.6 Å². The maximum atomic E-state index is 12.4. The molecule has 2 saturated heterocycles. The zero-order valence-electron chi connectivity index (χ0n) is 12.9. The lowest BCUT2D eigenvalue weighted by Gasteiger charge is -2.30. The molecule has 23 heavy (non-hydrogen) atoms. The fourth-order valence-corrected chi connectivity index (χ4v) is 3.11. The second-order valence-corrected chi connectivity index (χ2v) is 5.50. The first kappa shape index (κ1) is 16.9. The van der Waals surface area contributed by atoms with Gasteiger partial charge in [0, 0.05) is 12.6 Å². The Morgan fingerprint density at radius 2 is 1.96 bits per heavy atom. The molecular weight excluding hydrogens is 296 g/mol. The molecular formula is C17H20N2O4. The lowest BCUT2D eigenvalue weighted by atomic mass is 9.95. The molecule has 2 atom stereocenters. The molecule has 2 heterocycles. The van der Waals surface area contributed by atoms with E-state index in [-0.39, 0.29) is 18.2 Å². The van der Waals surface area contributed by atoms with Gasteiger partial charge in [0.25, 0.3) is 0 Å². The second kappa shape index (κ2) is 8.27. The van der Waals surface area contributed by atoms with Crippen LogP contribution in [0.2, 0.25) is 0 Å². The van der Waals surface area contributed by atoms with E-state index in [0.717, 1.165) is 25.8 Å². The minimum atomic E-state index is 0.00952. The summed E-state index contributed by atoms with van der Waals surface area (Å²) in [5.41, 5.74) is 1.29. The van der Waals surface area contributed by atoms with E-state index in [9.17, 15) is 4.79 Å². The van der Waals surface area contributed by atoms with E-state index in [4.69, 9.17) is 14.4 Å². The molecule has 0 spiro atoms. The first-order chi connectivity index (χ1) is 11.2. The predicted octanol–water partition coefficient (Wildman–Crippen LogP) is 2.03. The van der Waals surface area contributed by atoms with E-state index in [1.165, 1.54) is 5.56 Å². The van der Waals surface area contributed by atoms with Gasteiger partial charge in [-0.05, 0) is 24.8 Å². The lowest BCUT2D eigenvalue weighted by Crippen LogP contribution is -2.41. The van der Waals surface area contributed by atoms with Crippen molar-refractivity contribution >= 4 is 12.2 Å². The average molecular weight is 316 g/mol. The molecule has 6 heteroatoms. The van der Waals surface area contributed by atoms with Crippen LogP contribution in [0, 0.1) is 0 Å². The van der Waals surface area contributed by atoms with Crippen molar-refractivity contribution in [1.29, 1.82) is 0 Å². The van der Waals surface area contributed by atoms with Gasteiger partial charge < -0.3 is 4.90 Å². The molecule has 1 aromatic rings. The van der Waals surface area contributed by atoms with Crippen molar-refractivity contribution in [2.45, 2.75) is 31.3 Å². The highest BCUT2D eigenvalue weighted by Crippen LogP contribution is 2.31. The summed E-state index contributed by atoms with van der Waals surface area (Å²) in [6.45, 7) is 4.80. The van der Waals surface area contributed by atoms with Gasteiger partial charge in [-0.3, -0.25) is 4.84 Å². The van der Waals surface area contributed by atoms with Crippen LogP contribution in [0.25, 0.3) is 0 Å². The van der Waals surface area contributed by atoms with Crippen molar-refractivity contribution in [3.63, 3.8) is 0 Å². The highest BCUT2D eigenvalue weighted by Gasteiger charge is 2.45. The van der Waals surface area contributed by atoms with Gasteiger partial charge in [0.05, 0.1) is 12.6 Å². The summed E-state index contributed by atoms with van der Waals surface area (Å²) < 4.78 is 0. The topological polar surface area (TPSA) is 66.9 Å². The van der Waals surface area contributed by atoms with Crippen LogP contribution in [0.3, 0.4) is 0 Å². The molecule has 0 aliphatic carbocycles. The number of benzene rings is 1. The first-order valence-electron chi connectivity index (χ1n) is 7.58. The Morgan fingerprint density at radius 1 is 1.26 bits per heavy atom. The highest BCUT2D eigenvalue weighted by atomic mass is 16.7. The molecule has 6 nitrogen and oxygen atoms in total. The molecule has 2 bridgehead atoms. The smallest absolute Gasteiger partial charge is 0.317 e. The highest BCUT2D eigenvalue weighted by molar-refractivity contribution is 5.77. The van der Waals surface area contributed by atoms with Crippen LogP contribution >= 0.6 is 0 Å². The first-order valence-corrected chi connectivity index (χ1v) is 7.58. The summed E-state index contributed by atoms with van der Waals surface area (Å²) in [6, 6.07) is 10.9. The van der Waals surface area contributed by atoms with Crippen molar-refractivity contribution in [1.82, 2.24) is 9.96 Å². The fourth-order valence-electron chi connectivity index (χ4n) is 3.11. The Morgan fingerprint density at radius 3 is 2.61 bits per heavy atom. The number of hydrogen-bond donors (Lipinski definition) is 0. The molecule has 1 aromatic carbocycles. The van der Waals surface area contributed by atoms with Crippen LogP contribution in [-0.4, -0.2) is 47.4 Å². The number of carbonyl (C=O) groups is 1. The average Bonchev–Trinajstić information content (AvgIpc) is 2.82. The van der Waals surface area contributed by atoms with E-state index < -0.39 is 0 Å². The van der Waals surface area contributed by atoms with Gasteiger partial charge in [-0.1, -0.05) is 36.4 Å². The molecule has 2 amide bonds. The van der Waals surface area contributed by atoms with Gasteiger partial charge in [0.15, 0.2) is 0 Å². The third-order valence-electron chi connectivity index (χ3n) is 4.09. The Bertz CT molecular complexity index is 569. The maximum absolute atomic E-state index is 12.4. The zero-order chi connectivity index (χ0) is 16.7. The molecule has 0 saturated carbocycles. The minimum absolute atomic E-state index is 0.00952. The van der Waals surface area contributed by atoms with Crippen molar-refractivity contribution in [2.24, 2.45) is 0 Å². The SMILES string of the molecule is C=CCON1C(=O)N2C[C@H]1CC[C@H]2Cc1ccccc1.O=C=O. The number of hydrogen-bond acceptors (Lipinski definition) is 4. The number of amides is 2. The van der Waals surface area contributed by atoms with Gasteiger partial charge in [-0.25, -0.2) is 4.79 Å². The number of nitrogens with zero attached hydrogens (tertiary/aromatic N) is 2. The molecule has 0 N–H and O–H groups in total. The Balaban J connectivity index is 0.000000595. The Hall–Kier alpha value is -2.43. The van der Waals surface area contributed by atoms with Crippen molar-refractivity contribution < 1.29 is 19.2 Å². The Labute approximate surface area is 135 Å². The fraction of sp³-hybridized carbons (Fsp3) is 0.412. The summed E-state index contributed by atoms with van der Waals surface area (Å²) in [5.74, 6) is 0. The van der Waals surface area contributed by atoms with Crippen LogP contribution in [0.5, 0.6) is 0 Å². The predicted molar refractivity (Wildman–Crippen MR) is 82.1 cm³/mol. The number of carbonyl (C=O) groups excluding carboxylic acids is 3. The van der Waals surface area contributed by atoms with Crippen molar-refractivity contribution in [2.75, 3.05) is 13.2 Å². The normalized spacial score (nSPS) is 22.2. The summed E-state index contributed by atoms with van der Waals surface area (Å²) in [7, 11) is 0. The maximum Gasteiger partial charge on any atom is 0.373 e. The van der Waals surface area contributed by atoms with Gasteiger partial charge in [-0.2, -0.15) is 14.7 Å². The summed E-state index contributed by atoms with van der Waals surface area (Å²) in [6.07, 6.45) is 4.90. The quantitative estimate of drug-likeness (QED) is 0.780. The molecule has 2 aliphatic rings. The third kappa shape index (κ3) is 4.06. The monoisotopic (exact) mass is 316 g/mol. The summed E-state index contributed by atoms with van der Waals surface area (Å²) in [4.78, 5) is 36.1. The second-order valence-electron chi connectivity index (χ2n) is 5.50. The number of fused-ring (bicyclic) bond motifs is 2. The number of piperidine rings is 1. The third-order valence-corrected chi connectivity index (χ3v) is 4.09. The molecule has 0 unspecified atom stereocenters. The molecule has 3 rings (SSSR count). The van der Waals surface area contributed by atoms with Crippen LogP contribution in [0.15, 0.2) is 43.0 Å². The summed E-state index contributed by atoms with van der Waals surface area (Å²) in [5, 5.41) is 1.55. The molecule has 2 aliphatic heterocycles. The molecule has 122 valence electrons. The lowest BCUT2D eigenvalue weighted by molar-refractivity contribution is -0.191. The number of rotatable bonds is 5. The van der Waals surface area contributed by atoms with E-state index in [1.807, 2.05) is 23.1 Å². The van der Waals surface area contributed by atoms with E-state index >= 15 is 0 Å². The molecule has 0 aromatic heterocycles. The standard InChI is InChI=1S/C16H20N2O2.CO2/c1-2-10-20-18-15-9-8-14(17(12-15)16(18)19)11-13-6-4-3-5-7-13;2-1-3/h2-7,14-15H,1,8-12H2;/t14-,15+;/m0./s1. The molecule has 0 radical (unpaired) electrons. The minimum Gasteiger partial charge on any atom is -0.317 e. The van der Waals surface area contributed by atoms with Crippen LogP contribution in [0.4, 0.5) is 4.79 Å². The van der Waals surface area contributed by atoms with E-state index in [2.05, 4.69) is 18.7 Å². The summed E-state index contributed by atoms with van der Waals surface area (Å²) >= 11 is 0.